The van der Waals surface area contributed by atoms with Crippen molar-refractivity contribution in [1.29, 1.82) is 0 Å². The van der Waals surface area contributed by atoms with Gasteiger partial charge in [0.1, 0.15) is 11.0 Å². The molecule has 0 spiro atoms. The lowest BCUT2D eigenvalue weighted by molar-refractivity contribution is 1.11. The second-order valence-electron chi connectivity index (χ2n) is 5.55. The Morgan fingerprint density at radius 3 is 2.58 bits per heavy atom. The Balaban J connectivity index is 2.43. The molecule has 0 bridgehead atoms. The standard InChI is InChI=1S/C19H20N2S3/c1-6-8-14(22-5)16-12(4)13(7-2)17(15-10-9-11(3)23-15)19-18(16)20-24-21-19/h6,8-10H,1,7H2,2-5H3/b14-8-. The Morgan fingerprint density at radius 1 is 1.25 bits per heavy atom. The number of aryl methyl sites for hydroxylation is 1. The number of benzene rings is 1. The monoisotopic (exact) mass is 372 g/mol. The number of rotatable bonds is 5. The number of fused-ring (bicyclic) bond motifs is 1. The average Bonchev–Trinajstić information content (AvgIpc) is 3.21. The van der Waals surface area contributed by atoms with E-state index in [9.17, 15) is 0 Å². The van der Waals surface area contributed by atoms with E-state index in [-0.39, 0.29) is 0 Å². The molecule has 3 rings (SSSR count). The fourth-order valence-electron chi connectivity index (χ4n) is 3.11. The van der Waals surface area contributed by atoms with Crippen LogP contribution in [0.1, 0.15) is 28.5 Å². The molecule has 0 fully saturated rings. The third kappa shape index (κ3) is 2.85. The van der Waals surface area contributed by atoms with E-state index in [1.54, 1.807) is 11.8 Å². The first-order chi connectivity index (χ1) is 11.6. The molecular formula is C19H20N2S3. The third-order valence-electron chi connectivity index (χ3n) is 4.17. The summed E-state index contributed by atoms with van der Waals surface area (Å²) in [6, 6.07) is 4.39. The van der Waals surface area contributed by atoms with Crippen LogP contribution in [0.25, 0.3) is 26.4 Å². The first-order valence-electron chi connectivity index (χ1n) is 7.83. The smallest absolute Gasteiger partial charge is 0.114 e. The maximum atomic E-state index is 4.67. The van der Waals surface area contributed by atoms with E-state index in [4.69, 9.17) is 0 Å². The highest BCUT2D eigenvalue weighted by molar-refractivity contribution is 8.07. The second-order valence-corrected chi connectivity index (χ2v) is 8.21. The van der Waals surface area contributed by atoms with Crippen LogP contribution < -0.4 is 0 Å². The Labute approximate surface area is 155 Å². The Bertz CT molecular complexity index is 932. The predicted octanol–water partition coefficient (Wildman–Crippen LogP) is 6.49. The maximum Gasteiger partial charge on any atom is 0.114 e. The van der Waals surface area contributed by atoms with Gasteiger partial charge in [0.25, 0.3) is 0 Å². The van der Waals surface area contributed by atoms with Gasteiger partial charge in [-0.1, -0.05) is 19.6 Å². The van der Waals surface area contributed by atoms with Gasteiger partial charge in [-0.3, -0.25) is 0 Å². The predicted molar refractivity (Wildman–Crippen MR) is 111 cm³/mol. The summed E-state index contributed by atoms with van der Waals surface area (Å²) in [5.41, 5.74) is 7.19. The molecule has 2 aromatic heterocycles. The summed E-state index contributed by atoms with van der Waals surface area (Å²) < 4.78 is 9.31. The van der Waals surface area contributed by atoms with Crippen LogP contribution in [0, 0.1) is 13.8 Å². The molecule has 0 aliphatic heterocycles. The number of hydrogen-bond donors (Lipinski definition) is 0. The lowest BCUT2D eigenvalue weighted by Crippen LogP contribution is -1.99. The van der Waals surface area contributed by atoms with Gasteiger partial charge in [-0.2, -0.15) is 8.75 Å². The molecule has 0 radical (unpaired) electrons. The van der Waals surface area contributed by atoms with Gasteiger partial charge in [0.2, 0.25) is 0 Å². The molecular weight excluding hydrogens is 352 g/mol. The molecule has 2 heterocycles. The number of thioether (sulfide) groups is 1. The number of aromatic nitrogens is 2. The molecule has 5 heteroatoms. The van der Waals surface area contributed by atoms with Crippen molar-refractivity contribution < 1.29 is 0 Å². The third-order valence-corrected chi connectivity index (χ3v) is 6.49. The van der Waals surface area contributed by atoms with Gasteiger partial charge in [-0.05, 0) is 55.9 Å². The van der Waals surface area contributed by atoms with E-state index in [1.807, 2.05) is 17.4 Å². The number of allylic oxidation sites excluding steroid dienone is 2. The van der Waals surface area contributed by atoms with Crippen molar-refractivity contribution in [3.63, 3.8) is 0 Å². The molecule has 0 saturated carbocycles. The first-order valence-corrected chi connectivity index (χ1v) is 10.6. The van der Waals surface area contributed by atoms with Crippen molar-refractivity contribution in [2.45, 2.75) is 27.2 Å². The molecule has 0 atom stereocenters. The van der Waals surface area contributed by atoms with Crippen molar-refractivity contribution in [3.05, 3.63) is 52.4 Å². The zero-order valence-electron chi connectivity index (χ0n) is 14.3. The van der Waals surface area contributed by atoms with Gasteiger partial charge in [-0.15, -0.1) is 23.1 Å². The highest BCUT2D eigenvalue weighted by atomic mass is 32.2. The van der Waals surface area contributed by atoms with Gasteiger partial charge in [-0.25, -0.2) is 0 Å². The lowest BCUT2D eigenvalue weighted by atomic mass is 9.92. The maximum absolute atomic E-state index is 4.67. The molecule has 124 valence electrons. The van der Waals surface area contributed by atoms with Crippen molar-refractivity contribution >= 4 is 50.8 Å². The largest absolute Gasteiger partial charge is 0.172 e. The Kier molecular flexibility index (Phi) is 5.23. The van der Waals surface area contributed by atoms with Gasteiger partial charge >= 0.3 is 0 Å². The SMILES string of the molecule is C=C/C=C(\SC)c1c(C)c(CC)c(-c2ccc(C)s2)c2nsnc12. The summed E-state index contributed by atoms with van der Waals surface area (Å²) in [6.45, 7) is 10.4. The molecule has 3 aromatic rings. The number of thiophene rings is 1. The quantitative estimate of drug-likeness (QED) is 0.479. The van der Waals surface area contributed by atoms with Crippen molar-refractivity contribution in [3.8, 4) is 10.4 Å². The van der Waals surface area contributed by atoms with Gasteiger partial charge in [0.05, 0.1) is 11.7 Å². The molecule has 0 aliphatic carbocycles. The molecule has 0 unspecified atom stereocenters. The fourth-order valence-corrected chi connectivity index (χ4v) is 5.30. The van der Waals surface area contributed by atoms with E-state index in [1.165, 1.54) is 48.6 Å². The Hall–Kier alpha value is -1.43. The fraction of sp³-hybridized carbons (Fsp3) is 0.263. The number of hydrogen-bond acceptors (Lipinski definition) is 5. The summed E-state index contributed by atoms with van der Waals surface area (Å²) in [5, 5.41) is 0. The highest BCUT2D eigenvalue weighted by Crippen LogP contribution is 2.43. The van der Waals surface area contributed by atoms with Crippen LogP contribution in [-0.2, 0) is 6.42 Å². The van der Waals surface area contributed by atoms with E-state index in [2.05, 4.69) is 60.6 Å². The van der Waals surface area contributed by atoms with Gasteiger partial charge in [0, 0.05) is 25.8 Å². The highest BCUT2D eigenvalue weighted by Gasteiger charge is 2.22. The van der Waals surface area contributed by atoms with Crippen LogP contribution in [-0.4, -0.2) is 15.0 Å². The van der Waals surface area contributed by atoms with Crippen molar-refractivity contribution in [2.24, 2.45) is 0 Å². The lowest BCUT2D eigenvalue weighted by Gasteiger charge is -2.17. The summed E-state index contributed by atoms with van der Waals surface area (Å²) >= 11 is 4.86. The minimum absolute atomic E-state index is 0.980. The summed E-state index contributed by atoms with van der Waals surface area (Å²) in [7, 11) is 0. The normalized spacial score (nSPS) is 12.1. The summed E-state index contributed by atoms with van der Waals surface area (Å²) in [4.78, 5) is 3.81. The van der Waals surface area contributed by atoms with Crippen LogP contribution in [0.4, 0.5) is 0 Å². The van der Waals surface area contributed by atoms with Gasteiger partial charge in [0.15, 0.2) is 0 Å². The summed E-state index contributed by atoms with van der Waals surface area (Å²) in [5.74, 6) is 0. The summed E-state index contributed by atoms with van der Waals surface area (Å²) in [6.07, 6.45) is 7.00. The van der Waals surface area contributed by atoms with Crippen molar-refractivity contribution in [1.82, 2.24) is 8.75 Å². The van der Waals surface area contributed by atoms with Crippen LogP contribution in [0.15, 0.2) is 30.9 Å². The van der Waals surface area contributed by atoms with Crippen molar-refractivity contribution in [2.75, 3.05) is 6.26 Å². The van der Waals surface area contributed by atoms with Gasteiger partial charge < -0.3 is 0 Å². The van der Waals surface area contributed by atoms with Crippen LogP contribution in [0.2, 0.25) is 0 Å². The Morgan fingerprint density at radius 2 is 2.00 bits per heavy atom. The molecule has 2 nitrogen and oxygen atoms in total. The molecule has 1 aromatic carbocycles. The second kappa shape index (κ2) is 7.21. The zero-order chi connectivity index (χ0) is 17.3. The molecule has 0 aliphatic rings. The van der Waals surface area contributed by atoms with E-state index in [0.717, 1.165) is 17.5 Å². The van der Waals surface area contributed by atoms with Crippen LogP contribution in [0.5, 0.6) is 0 Å². The van der Waals surface area contributed by atoms with Crippen LogP contribution >= 0.6 is 34.8 Å². The molecule has 0 saturated heterocycles. The first kappa shape index (κ1) is 17.4. The van der Waals surface area contributed by atoms with Crippen LogP contribution in [0.3, 0.4) is 0 Å². The minimum Gasteiger partial charge on any atom is -0.172 e. The van der Waals surface area contributed by atoms with E-state index < -0.39 is 0 Å². The molecule has 0 N–H and O–H groups in total. The zero-order valence-corrected chi connectivity index (χ0v) is 16.8. The molecule has 0 amide bonds. The van der Waals surface area contributed by atoms with E-state index >= 15 is 0 Å². The van der Waals surface area contributed by atoms with E-state index in [0.29, 0.717) is 0 Å². The average molecular weight is 373 g/mol. The molecule has 24 heavy (non-hydrogen) atoms. The topological polar surface area (TPSA) is 25.8 Å². The minimum atomic E-state index is 0.980. The number of nitrogens with zero attached hydrogens (tertiary/aromatic N) is 2.